The predicted octanol–water partition coefficient (Wildman–Crippen LogP) is 9.64. The summed E-state index contributed by atoms with van der Waals surface area (Å²) < 4.78 is 11.1. The number of unbranched alkanes of at least 4 members (excludes halogenated alkanes) is 28. The number of carbonyl (C=O) groups is 1. The minimum Gasteiger partial charge on any atom is -0.394 e. The van der Waals surface area contributed by atoms with Crippen molar-refractivity contribution in [3.05, 3.63) is 24.3 Å². The average Bonchev–Trinajstić information content (AvgIpc) is 3.23. The molecule has 0 spiro atoms. The molecule has 1 rings (SSSR count). The highest BCUT2D eigenvalue weighted by molar-refractivity contribution is 5.80. The van der Waals surface area contributed by atoms with Gasteiger partial charge in [-0.05, 0) is 44.9 Å². The summed E-state index contributed by atoms with van der Waals surface area (Å²) in [6, 6.07) is -0.980. The molecule has 59 heavy (non-hydrogen) atoms. The van der Waals surface area contributed by atoms with Crippen LogP contribution in [0, 0.1) is 0 Å². The molecule has 0 aliphatic carbocycles. The Balaban J connectivity index is 2.39. The normalized spacial score (nSPS) is 21.4. The lowest BCUT2D eigenvalue weighted by Crippen LogP contribution is -2.60. The fourth-order valence-corrected chi connectivity index (χ4v) is 7.80. The van der Waals surface area contributed by atoms with Gasteiger partial charge in [-0.1, -0.05) is 199 Å². The van der Waals surface area contributed by atoms with Crippen molar-refractivity contribution in [1.82, 2.24) is 5.32 Å². The van der Waals surface area contributed by atoms with E-state index in [0.717, 1.165) is 44.9 Å². The van der Waals surface area contributed by atoms with Crippen LogP contribution in [0.25, 0.3) is 0 Å². The molecule has 1 amide bonds. The van der Waals surface area contributed by atoms with E-state index in [-0.39, 0.29) is 6.61 Å². The third-order valence-electron chi connectivity index (χ3n) is 11.9. The van der Waals surface area contributed by atoms with E-state index in [0.29, 0.717) is 12.8 Å². The molecule has 0 aromatic carbocycles. The zero-order chi connectivity index (χ0) is 43.2. The molecule has 0 radical (unpaired) electrons. The first-order valence-electron chi connectivity index (χ1n) is 24.7. The molecule has 1 heterocycles. The molecule has 1 aliphatic heterocycles. The van der Waals surface area contributed by atoms with Crippen LogP contribution in [0.5, 0.6) is 0 Å². The third-order valence-corrected chi connectivity index (χ3v) is 11.9. The summed E-state index contributed by atoms with van der Waals surface area (Å²) in [5, 5.41) is 64.8. The number of nitrogens with one attached hydrogen (secondary N) is 1. The summed E-state index contributed by atoms with van der Waals surface area (Å²) >= 11 is 0. The molecule has 0 aromatic rings. The summed E-state index contributed by atoms with van der Waals surface area (Å²) in [6.45, 7) is 3.61. The Morgan fingerprint density at radius 1 is 0.576 bits per heavy atom. The van der Waals surface area contributed by atoms with Crippen molar-refractivity contribution in [3.63, 3.8) is 0 Å². The Hall–Kier alpha value is -1.37. The summed E-state index contributed by atoms with van der Waals surface area (Å²) in [7, 11) is 0. The van der Waals surface area contributed by atoms with Crippen LogP contribution < -0.4 is 5.32 Å². The highest BCUT2D eigenvalue weighted by atomic mass is 16.7. The van der Waals surface area contributed by atoms with E-state index in [1.165, 1.54) is 148 Å². The molecule has 0 aromatic heterocycles. The smallest absolute Gasteiger partial charge is 0.249 e. The van der Waals surface area contributed by atoms with Gasteiger partial charge in [0.05, 0.1) is 25.4 Å². The second-order valence-corrected chi connectivity index (χ2v) is 17.4. The van der Waals surface area contributed by atoms with Crippen LogP contribution in [0.4, 0.5) is 0 Å². The number of hydrogen-bond acceptors (Lipinski definition) is 9. The summed E-state index contributed by atoms with van der Waals surface area (Å²) in [6.07, 6.45) is 36.9. The van der Waals surface area contributed by atoms with Gasteiger partial charge < -0.3 is 45.4 Å². The number of allylic oxidation sites excluding steroid dienone is 3. The fraction of sp³-hybridized carbons (Fsp3) is 0.898. The van der Waals surface area contributed by atoms with Crippen LogP contribution in [-0.4, -0.2) is 98.7 Å². The van der Waals surface area contributed by atoms with Crippen molar-refractivity contribution in [3.8, 4) is 0 Å². The molecule has 348 valence electrons. The maximum Gasteiger partial charge on any atom is 0.249 e. The Morgan fingerprint density at radius 3 is 1.42 bits per heavy atom. The van der Waals surface area contributed by atoms with E-state index in [9.17, 15) is 35.4 Å². The first kappa shape index (κ1) is 55.6. The monoisotopic (exact) mass is 840 g/mol. The largest absolute Gasteiger partial charge is 0.394 e. The van der Waals surface area contributed by atoms with E-state index in [1.54, 1.807) is 6.08 Å². The van der Waals surface area contributed by atoms with Gasteiger partial charge in [0.2, 0.25) is 5.91 Å². The minimum atomic E-state index is -1.61. The lowest BCUT2D eigenvalue weighted by atomic mass is 9.99. The topological polar surface area (TPSA) is 169 Å². The van der Waals surface area contributed by atoms with Crippen LogP contribution >= 0.6 is 0 Å². The first-order valence-corrected chi connectivity index (χ1v) is 24.7. The standard InChI is InChI=1S/C49H93NO9/c1-3-5-7-9-11-13-15-17-19-21-22-24-26-28-30-32-34-36-38-43(53)48(57)50-41(40-58-49-47(56)46(55)45(54)44(39-51)59-49)42(52)37-35-33-31-29-27-25-23-20-18-16-14-12-10-8-6-4-2/h21-22,35,37,41-47,49,51-56H,3-20,23-34,36,38-40H2,1-2H3,(H,50,57)/b22-21-,37-35+. The quantitative estimate of drug-likeness (QED) is 0.0234. The molecule has 1 saturated heterocycles. The van der Waals surface area contributed by atoms with Gasteiger partial charge in [0.15, 0.2) is 6.29 Å². The Kier molecular flexibility index (Phi) is 37.2. The molecule has 0 bridgehead atoms. The first-order chi connectivity index (χ1) is 28.8. The van der Waals surface area contributed by atoms with Gasteiger partial charge in [0.1, 0.15) is 30.5 Å². The number of ether oxygens (including phenoxy) is 2. The number of hydrogen-bond donors (Lipinski definition) is 7. The number of carbonyl (C=O) groups excluding carboxylic acids is 1. The second kappa shape index (κ2) is 39.5. The third kappa shape index (κ3) is 29.5. The van der Waals surface area contributed by atoms with Crippen molar-refractivity contribution in [2.24, 2.45) is 0 Å². The van der Waals surface area contributed by atoms with Crippen molar-refractivity contribution >= 4 is 5.91 Å². The molecule has 8 unspecified atom stereocenters. The summed E-state index contributed by atoms with van der Waals surface area (Å²) in [5.74, 6) is -0.620. The second-order valence-electron chi connectivity index (χ2n) is 17.4. The zero-order valence-electron chi connectivity index (χ0n) is 37.9. The predicted molar refractivity (Wildman–Crippen MR) is 241 cm³/mol. The van der Waals surface area contributed by atoms with Crippen molar-refractivity contribution < 1.29 is 44.9 Å². The fourth-order valence-electron chi connectivity index (χ4n) is 7.80. The SMILES string of the molecule is CCCCCCCCCC/C=C\CCCCCCCCC(O)C(=O)NC(COC1OC(CO)C(O)C(O)C1O)C(O)/C=C/CCCCCCCCCCCCCCCC. The van der Waals surface area contributed by atoms with Gasteiger partial charge in [-0.2, -0.15) is 0 Å². The van der Waals surface area contributed by atoms with Crippen molar-refractivity contribution in [1.29, 1.82) is 0 Å². The van der Waals surface area contributed by atoms with Crippen LogP contribution in [0.2, 0.25) is 0 Å². The van der Waals surface area contributed by atoms with E-state index in [1.807, 2.05) is 6.08 Å². The molecule has 10 nitrogen and oxygen atoms in total. The van der Waals surface area contributed by atoms with Gasteiger partial charge in [0, 0.05) is 0 Å². The van der Waals surface area contributed by atoms with Crippen LogP contribution in [0.1, 0.15) is 219 Å². The highest BCUT2D eigenvalue weighted by Crippen LogP contribution is 2.23. The van der Waals surface area contributed by atoms with Gasteiger partial charge in [-0.15, -0.1) is 0 Å². The summed E-state index contributed by atoms with van der Waals surface area (Å²) in [4.78, 5) is 13.1. The number of amides is 1. The van der Waals surface area contributed by atoms with E-state index >= 15 is 0 Å². The molecule has 1 fully saturated rings. The Morgan fingerprint density at radius 2 is 0.983 bits per heavy atom. The van der Waals surface area contributed by atoms with Crippen molar-refractivity contribution in [2.75, 3.05) is 13.2 Å². The highest BCUT2D eigenvalue weighted by Gasteiger charge is 2.44. The van der Waals surface area contributed by atoms with E-state index < -0.39 is 61.5 Å². The van der Waals surface area contributed by atoms with Gasteiger partial charge in [-0.25, -0.2) is 0 Å². The van der Waals surface area contributed by atoms with Gasteiger partial charge in [-0.3, -0.25) is 4.79 Å². The Labute approximate surface area is 361 Å². The van der Waals surface area contributed by atoms with E-state index in [4.69, 9.17) is 9.47 Å². The lowest BCUT2D eigenvalue weighted by molar-refractivity contribution is -0.302. The maximum absolute atomic E-state index is 13.1. The van der Waals surface area contributed by atoms with Crippen molar-refractivity contribution in [2.45, 2.75) is 268 Å². The minimum absolute atomic E-state index is 0.304. The molecular weight excluding hydrogens is 747 g/mol. The number of rotatable bonds is 41. The van der Waals surface area contributed by atoms with Crippen LogP contribution in [0.3, 0.4) is 0 Å². The maximum atomic E-state index is 13.1. The number of aliphatic hydroxyl groups excluding tert-OH is 6. The average molecular weight is 840 g/mol. The Bertz CT molecular complexity index is 995. The molecule has 1 aliphatic rings. The zero-order valence-corrected chi connectivity index (χ0v) is 37.9. The van der Waals surface area contributed by atoms with Crippen LogP contribution in [0.15, 0.2) is 24.3 Å². The number of aliphatic hydroxyl groups is 6. The molecule has 0 saturated carbocycles. The van der Waals surface area contributed by atoms with E-state index in [2.05, 4.69) is 31.3 Å². The van der Waals surface area contributed by atoms with Gasteiger partial charge in [0.25, 0.3) is 0 Å². The lowest BCUT2D eigenvalue weighted by Gasteiger charge is -2.40. The molecule has 7 N–H and O–H groups in total. The molecule has 8 atom stereocenters. The molecule has 10 heteroatoms. The van der Waals surface area contributed by atoms with Crippen LogP contribution in [-0.2, 0) is 14.3 Å². The van der Waals surface area contributed by atoms with Gasteiger partial charge >= 0.3 is 0 Å². The summed E-state index contributed by atoms with van der Waals surface area (Å²) in [5.41, 5.74) is 0. The molecular formula is C49H93NO9.